The van der Waals surface area contributed by atoms with Crippen LogP contribution in [0, 0.1) is 5.92 Å². The predicted molar refractivity (Wildman–Crippen MR) is 78.2 cm³/mol. The molecule has 3 nitrogen and oxygen atoms in total. The van der Waals surface area contributed by atoms with Crippen molar-refractivity contribution in [3.8, 4) is 0 Å². The van der Waals surface area contributed by atoms with Crippen molar-refractivity contribution in [2.75, 3.05) is 18.0 Å². The Kier molecular flexibility index (Phi) is 4.19. The lowest BCUT2D eigenvalue weighted by atomic mass is 9.83. The third kappa shape index (κ3) is 3.16. The van der Waals surface area contributed by atoms with Crippen molar-refractivity contribution in [1.82, 2.24) is 4.98 Å². The number of hydrogen-bond acceptors (Lipinski definition) is 3. The summed E-state index contributed by atoms with van der Waals surface area (Å²) in [6, 6.07) is 1.87. The van der Waals surface area contributed by atoms with E-state index in [9.17, 15) is 5.11 Å². The van der Waals surface area contributed by atoms with Gasteiger partial charge >= 0.3 is 0 Å². The lowest BCUT2D eigenvalue weighted by Crippen LogP contribution is -2.42. The molecule has 0 atom stereocenters. The van der Waals surface area contributed by atoms with Crippen molar-refractivity contribution in [3.05, 3.63) is 21.8 Å². The lowest BCUT2D eigenvalue weighted by molar-refractivity contribution is 0.00646. The van der Waals surface area contributed by atoms with Gasteiger partial charge in [-0.1, -0.05) is 11.6 Å². The molecule has 0 radical (unpaired) electrons. The normalized spacial score (nSPS) is 18.2. The van der Waals surface area contributed by atoms with Crippen molar-refractivity contribution in [1.29, 1.82) is 0 Å². The summed E-state index contributed by atoms with van der Waals surface area (Å²) in [5.74, 6) is 1.19. The third-order valence-corrected chi connectivity index (χ3v) is 4.29. The summed E-state index contributed by atoms with van der Waals surface area (Å²) in [5, 5.41) is 10.7. The second-order valence-electron chi connectivity index (χ2n) is 5.37. The van der Waals surface area contributed by atoms with Crippen LogP contribution in [0.4, 0.5) is 5.82 Å². The molecule has 0 bridgehead atoms. The van der Waals surface area contributed by atoms with E-state index in [0.29, 0.717) is 10.9 Å². The quantitative estimate of drug-likeness (QED) is 0.900. The molecule has 0 aliphatic carbocycles. The topological polar surface area (TPSA) is 36.4 Å². The summed E-state index contributed by atoms with van der Waals surface area (Å²) in [7, 11) is 0. The maximum absolute atomic E-state index is 10.0. The molecule has 1 saturated heterocycles. The van der Waals surface area contributed by atoms with Gasteiger partial charge < -0.3 is 10.0 Å². The van der Waals surface area contributed by atoms with Crippen LogP contribution in [0.1, 0.15) is 26.7 Å². The minimum absolute atomic E-state index is 0.350. The number of aliphatic hydroxyl groups is 1. The number of aromatic nitrogens is 1. The molecular weight excluding hydrogens is 316 g/mol. The van der Waals surface area contributed by atoms with Crippen LogP contribution in [0.15, 0.2) is 16.7 Å². The number of halogens is 2. The molecule has 1 fully saturated rings. The number of rotatable bonds is 2. The summed E-state index contributed by atoms with van der Waals surface area (Å²) in [6.07, 6.45) is 3.71. The average Bonchev–Trinajstić information content (AvgIpc) is 2.28. The first kappa shape index (κ1) is 14.1. The zero-order valence-electron chi connectivity index (χ0n) is 10.7. The minimum atomic E-state index is -0.594. The van der Waals surface area contributed by atoms with Gasteiger partial charge in [-0.25, -0.2) is 4.98 Å². The van der Waals surface area contributed by atoms with Gasteiger partial charge in [0.25, 0.3) is 0 Å². The Balaban J connectivity index is 2.06. The van der Waals surface area contributed by atoms with E-state index in [2.05, 4.69) is 25.8 Å². The Morgan fingerprint density at radius 1 is 1.44 bits per heavy atom. The lowest BCUT2D eigenvalue weighted by Gasteiger charge is -2.38. The maximum atomic E-state index is 10.0. The molecule has 0 amide bonds. The molecule has 1 N–H and O–H groups in total. The number of anilines is 1. The highest BCUT2D eigenvalue weighted by Crippen LogP contribution is 2.32. The SMILES string of the molecule is CC(C)(O)C1CCN(c2ncc(Br)cc2Cl)CC1. The molecule has 0 saturated carbocycles. The minimum Gasteiger partial charge on any atom is -0.390 e. The van der Waals surface area contributed by atoms with Crippen molar-refractivity contribution in [2.45, 2.75) is 32.3 Å². The fourth-order valence-electron chi connectivity index (χ4n) is 2.44. The second-order valence-corrected chi connectivity index (χ2v) is 6.70. The highest BCUT2D eigenvalue weighted by molar-refractivity contribution is 9.10. The first-order chi connectivity index (χ1) is 8.38. The van der Waals surface area contributed by atoms with Crippen molar-refractivity contribution in [3.63, 3.8) is 0 Å². The first-order valence-electron chi connectivity index (χ1n) is 6.16. The van der Waals surface area contributed by atoms with Crippen molar-refractivity contribution < 1.29 is 5.11 Å². The van der Waals surface area contributed by atoms with Gasteiger partial charge in [-0.3, -0.25) is 0 Å². The van der Waals surface area contributed by atoms with E-state index in [-0.39, 0.29) is 0 Å². The fourth-order valence-corrected chi connectivity index (χ4v) is 3.19. The van der Waals surface area contributed by atoms with Gasteiger partial charge in [0.1, 0.15) is 5.82 Å². The molecular formula is C13H18BrClN2O. The van der Waals surface area contributed by atoms with Gasteiger partial charge in [-0.15, -0.1) is 0 Å². The standard InChI is InChI=1S/C13H18BrClN2O/c1-13(2,18)9-3-5-17(6-4-9)12-11(15)7-10(14)8-16-12/h7-9,18H,3-6H2,1-2H3. The monoisotopic (exact) mass is 332 g/mol. The van der Waals surface area contributed by atoms with E-state index in [1.54, 1.807) is 6.20 Å². The van der Waals surface area contributed by atoms with Gasteiger partial charge in [0.2, 0.25) is 0 Å². The smallest absolute Gasteiger partial charge is 0.147 e. The maximum Gasteiger partial charge on any atom is 0.147 e. The Hall–Kier alpha value is -0.320. The molecule has 0 spiro atoms. The summed E-state index contributed by atoms with van der Waals surface area (Å²) in [5.41, 5.74) is -0.594. The molecule has 100 valence electrons. The summed E-state index contributed by atoms with van der Waals surface area (Å²) in [4.78, 5) is 6.56. The van der Waals surface area contributed by atoms with Gasteiger partial charge in [0, 0.05) is 23.8 Å². The van der Waals surface area contributed by atoms with Crippen LogP contribution >= 0.6 is 27.5 Å². The zero-order valence-corrected chi connectivity index (χ0v) is 13.0. The van der Waals surface area contributed by atoms with Crippen LogP contribution in [0.2, 0.25) is 5.02 Å². The Morgan fingerprint density at radius 2 is 2.06 bits per heavy atom. The largest absolute Gasteiger partial charge is 0.390 e. The fraction of sp³-hybridized carbons (Fsp3) is 0.615. The van der Waals surface area contributed by atoms with Gasteiger partial charge in [-0.05, 0) is 54.6 Å². The molecule has 1 aliphatic rings. The number of hydrogen-bond donors (Lipinski definition) is 1. The third-order valence-electron chi connectivity index (χ3n) is 3.58. The zero-order chi connectivity index (χ0) is 13.3. The van der Waals surface area contributed by atoms with Crippen LogP contribution in [-0.2, 0) is 0 Å². The summed E-state index contributed by atoms with van der Waals surface area (Å²) < 4.78 is 0.891. The Morgan fingerprint density at radius 3 is 2.56 bits per heavy atom. The van der Waals surface area contributed by atoms with Gasteiger partial charge in [0.05, 0.1) is 10.6 Å². The van der Waals surface area contributed by atoms with Gasteiger partial charge in [0.15, 0.2) is 0 Å². The van der Waals surface area contributed by atoms with Crippen LogP contribution in [0.25, 0.3) is 0 Å². The first-order valence-corrected chi connectivity index (χ1v) is 7.33. The predicted octanol–water partition coefficient (Wildman–Crippen LogP) is 3.48. The Bertz CT molecular complexity index is 425. The molecule has 18 heavy (non-hydrogen) atoms. The molecule has 5 heteroatoms. The molecule has 1 aromatic heterocycles. The number of nitrogens with zero attached hydrogens (tertiary/aromatic N) is 2. The van der Waals surface area contributed by atoms with E-state index in [1.165, 1.54) is 0 Å². The van der Waals surface area contributed by atoms with E-state index in [4.69, 9.17) is 11.6 Å². The molecule has 0 aromatic carbocycles. The molecule has 2 rings (SSSR count). The molecule has 0 unspecified atom stereocenters. The second kappa shape index (κ2) is 5.35. The van der Waals surface area contributed by atoms with Crippen LogP contribution in [-0.4, -0.2) is 28.8 Å². The van der Waals surface area contributed by atoms with E-state index >= 15 is 0 Å². The number of pyridine rings is 1. The summed E-state index contributed by atoms with van der Waals surface area (Å²) >= 11 is 9.56. The van der Waals surface area contributed by atoms with E-state index in [1.807, 2.05) is 19.9 Å². The highest BCUT2D eigenvalue weighted by Gasteiger charge is 2.31. The van der Waals surface area contributed by atoms with Gasteiger partial charge in [-0.2, -0.15) is 0 Å². The average molecular weight is 334 g/mol. The van der Waals surface area contributed by atoms with Crippen molar-refractivity contribution >= 4 is 33.3 Å². The van der Waals surface area contributed by atoms with Crippen LogP contribution < -0.4 is 4.90 Å². The molecule has 1 aromatic rings. The summed E-state index contributed by atoms with van der Waals surface area (Å²) in [6.45, 7) is 5.56. The Labute approximate surface area is 121 Å². The van der Waals surface area contributed by atoms with Crippen molar-refractivity contribution in [2.24, 2.45) is 5.92 Å². The van der Waals surface area contributed by atoms with E-state index < -0.39 is 5.60 Å². The molecule has 2 heterocycles. The highest BCUT2D eigenvalue weighted by atomic mass is 79.9. The number of piperidine rings is 1. The molecule has 1 aliphatic heterocycles. The van der Waals surface area contributed by atoms with Crippen LogP contribution in [0.5, 0.6) is 0 Å². The van der Waals surface area contributed by atoms with Crippen LogP contribution in [0.3, 0.4) is 0 Å². The van der Waals surface area contributed by atoms with E-state index in [0.717, 1.165) is 36.2 Å².